The zero-order valence-electron chi connectivity index (χ0n) is 12.6. The molecule has 0 spiro atoms. The van der Waals surface area contributed by atoms with Gasteiger partial charge in [0.25, 0.3) is 0 Å². The maximum atomic E-state index is 5.79. The number of rotatable bonds is 7. The van der Waals surface area contributed by atoms with Gasteiger partial charge in [0.2, 0.25) is 0 Å². The van der Waals surface area contributed by atoms with Gasteiger partial charge in [0.1, 0.15) is 18.2 Å². The minimum atomic E-state index is 0.376. The van der Waals surface area contributed by atoms with Gasteiger partial charge in [0.15, 0.2) is 5.82 Å². The van der Waals surface area contributed by atoms with Crippen LogP contribution in [0.25, 0.3) is 0 Å². The van der Waals surface area contributed by atoms with Crippen LogP contribution in [0.3, 0.4) is 0 Å². The molecule has 21 heavy (non-hydrogen) atoms. The van der Waals surface area contributed by atoms with Crippen LogP contribution < -0.4 is 11.1 Å². The fourth-order valence-electron chi connectivity index (χ4n) is 1.95. The molecule has 0 saturated heterocycles. The minimum Gasteiger partial charge on any atom is -0.384 e. The van der Waals surface area contributed by atoms with Crippen molar-refractivity contribution in [3.8, 4) is 0 Å². The lowest BCUT2D eigenvalue weighted by Crippen LogP contribution is -2.07. The molecule has 1 heterocycles. The molecule has 1 aromatic carbocycles. The van der Waals surface area contributed by atoms with E-state index in [1.807, 2.05) is 6.92 Å². The van der Waals surface area contributed by atoms with E-state index in [2.05, 4.69) is 46.5 Å². The zero-order valence-corrected chi connectivity index (χ0v) is 12.6. The van der Waals surface area contributed by atoms with Gasteiger partial charge < -0.3 is 15.8 Å². The summed E-state index contributed by atoms with van der Waals surface area (Å²) in [6.45, 7) is 5.79. The Hall–Kier alpha value is -2.14. The summed E-state index contributed by atoms with van der Waals surface area (Å²) in [6.07, 6.45) is 1.05. The second kappa shape index (κ2) is 7.59. The summed E-state index contributed by atoms with van der Waals surface area (Å²) in [5, 5.41) is 3.27. The summed E-state index contributed by atoms with van der Waals surface area (Å²) in [5.41, 5.74) is 8.33. The van der Waals surface area contributed by atoms with Gasteiger partial charge in [-0.1, -0.05) is 31.2 Å². The number of ether oxygens (including phenoxy) is 1. The normalized spacial score (nSPS) is 10.6. The molecular weight excluding hydrogens is 264 g/mol. The first kappa shape index (κ1) is 15.3. The molecule has 3 N–H and O–H groups in total. The number of nitrogen functional groups attached to an aromatic ring is 1. The molecule has 112 valence electrons. The van der Waals surface area contributed by atoms with E-state index in [1.165, 1.54) is 11.1 Å². The molecule has 1 aromatic heterocycles. The lowest BCUT2D eigenvalue weighted by Gasteiger charge is -2.09. The third-order valence-electron chi connectivity index (χ3n) is 3.13. The molecule has 0 aliphatic rings. The molecule has 5 nitrogen and oxygen atoms in total. The Morgan fingerprint density at radius 2 is 1.81 bits per heavy atom. The molecule has 0 aliphatic carbocycles. The number of benzene rings is 1. The van der Waals surface area contributed by atoms with Crippen LogP contribution in [0.5, 0.6) is 0 Å². The average Bonchev–Trinajstić information content (AvgIpc) is 2.51. The van der Waals surface area contributed by atoms with Crippen LogP contribution in [0.4, 0.5) is 11.6 Å². The number of aromatic nitrogens is 2. The van der Waals surface area contributed by atoms with Crippen molar-refractivity contribution in [3.05, 3.63) is 47.3 Å². The molecule has 2 rings (SSSR count). The second-order valence-electron chi connectivity index (χ2n) is 4.76. The van der Waals surface area contributed by atoms with E-state index in [-0.39, 0.29) is 0 Å². The first-order valence-corrected chi connectivity index (χ1v) is 7.24. The number of hydrogen-bond donors (Lipinski definition) is 2. The summed E-state index contributed by atoms with van der Waals surface area (Å²) >= 11 is 0. The molecule has 0 fully saturated rings. The van der Waals surface area contributed by atoms with E-state index in [1.54, 1.807) is 6.07 Å². The Bertz CT molecular complexity index is 569. The van der Waals surface area contributed by atoms with E-state index in [0.29, 0.717) is 31.4 Å². The first-order valence-electron chi connectivity index (χ1n) is 7.24. The summed E-state index contributed by atoms with van der Waals surface area (Å²) in [7, 11) is 0. The van der Waals surface area contributed by atoms with Crippen molar-refractivity contribution < 1.29 is 4.74 Å². The number of nitrogens with one attached hydrogen (secondary N) is 1. The van der Waals surface area contributed by atoms with Gasteiger partial charge >= 0.3 is 0 Å². The molecule has 0 amide bonds. The predicted octanol–water partition coefficient (Wildman–Crippen LogP) is 2.77. The standard InChI is InChI=1S/C16H22N4O/c1-3-12-5-7-13(8-6-12)10-18-15-9-14(17)19-16(20-15)11-21-4-2/h5-9H,3-4,10-11H2,1-2H3,(H3,17,18,19,20). The van der Waals surface area contributed by atoms with Crippen LogP contribution >= 0.6 is 0 Å². The third kappa shape index (κ3) is 4.72. The monoisotopic (exact) mass is 286 g/mol. The maximum Gasteiger partial charge on any atom is 0.158 e. The fraction of sp³-hybridized carbons (Fsp3) is 0.375. The van der Waals surface area contributed by atoms with Crippen LogP contribution in [0.15, 0.2) is 30.3 Å². The number of aryl methyl sites for hydroxylation is 1. The van der Waals surface area contributed by atoms with E-state index in [9.17, 15) is 0 Å². The van der Waals surface area contributed by atoms with Gasteiger partial charge in [-0.05, 0) is 24.5 Å². The fourth-order valence-corrected chi connectivity index (χ4v) is 1.95. The van der Waals surface area contributed by atoms with Crippen LogP contribution in [0, 0.1) is 0 Å². The van der Waals surface area contributed by atoms with Gasteiger partial charge in [0.05, 0.1) is 0 Å². The van der Waals surface area contributed by atoms with E-state index in [4.69, 9.17) is 10.5 Å². The second-order valence-corrected chi connectivity index (χ2v) is 4.76. The highest BCUT2D eigenvalue weighted by atomic mass is 16.5. The highest BCUT2D eigenvalue weighted by Crippen LogP contribution is 2.12. The van der Waals surface area contributed by atoms with Crippen molar-refractivity contribution in [2.75, 3.05) is 17.7 Å². The minimum absolute atomic E-state index is 0.376. The Morgan fingerprint density at radius 1 is 1.10 bits per heavy atom. The molecule has 0 saturated carbocycles. The van der Waals surface area contributed by atoms with Crippen LogP contribution in [0.2, 0.25) is 0 Å². The highest BCUT2D eigenvalue weighted by molar-refractivity contribution is 5.45. The van der Waals surface area contributed by atoms with E-state index < -0.39 is 0 Å². The molecule has 2 aromatic rings. The van der Waals surface area contributed by atoms with Crippen molar-refractivity contribution >= 4 is 11.6 Å². The summed E-state index contributed by atoms with van der Waals surface area (Å²) in [6, 6.07) is 10.3. The Balaban J connectivity index is 1.99. The van der Waals surface area contributed by atoms with Gasteiger partial charge in [-0.3, -0.25) is 0 Å². The smallest absolute Gasteiger partial charge is 0.158 e. The quantitative estimate of drug-likeness (QED) is 0.818. The third-order valence-corrected chi connectivity index (χ3v) is 3.13. The van der Waals surface area contributed by atoms with Gasteiger partial charge in [-0.2, -0.15) is 0 Å². The van der Waals surface area contributed by atoms with Gasteiger partial charge in [-0.15, -0.1) is 0 Å². The Labute approximate surface area is 125 Å². The highest BCUT2D eigenvalue weighted by Gasteiger charge is 2.03. The van der Waals surface area contributed by atoms with Crippen LogP contribution in [-0.2, 0) is 24.3 Å². The predicted molar refractivity (Wildman–Crippen MR) is 84.9 cm³/mol. The molecular formula is C16H22N4O. The SMILES string of the molecule is CCOCc1nc(N)cc(NCc2ccc(CC)cc2)n1. The largest absolute Gasteiger partial charge is 0.384 e. The summed E-state index contributed by atoms with van der Waals surface area (Å²) < 4.78 is 5.31. The summed E-state index contributed by atoms with van der Waals surface area (Å²) in [5.74, 6) is 1.76. The van der Waals surface area contributed by atoms with Crippen molar-refractivity contribution in [2.45, 2.75) is 33.4 Å². The lowest BCUT2D eigenvalue weighted by molar-refractivity contribution is 0.128. The molecule has 5 heteroatoms. The first-order chi connectivity index (χ1) is 10.2. The van der Waals surface area contributed by atoms with Crippen molar-refractivity contribution in [1.29, 1.82) is 0 Å². The summed E-state index contributed by atoms with van der Waals surface area (Å²) in [4.78, 5) is 8.54. The van der Waals surface area contributed by atoms with Crippen molar-refractivity contribution in [1.82, 2.24) is 9.97 Å². The molecule has 0 atom stereocenters. The number of nitrogens with zero attached hydrogens (tertiary/aromatic N) is 2. The molecule has 0 aliphatic heterocycles. The van der Waals surface area contributed by atoms with Gasteiger partial charge in [-0.25, -0.2) is 9.97 Å². The zero-order chi connectivity index (χ0) is 15.1. The molecule has 0 bridgehead atoms. The number of hydrogen-bond acceptors (Lipinski definition) is 5. The Kier molecular flexibility index (Phi) is 5.51. The number of anilines is 2. The molecule has 0 radical (unpaired) electrons. The van der Waals surface area contributed by atoms with Crippen molar-refractivity contribution in [2.24, 2.45) is 0 Å². The maximum absolute atomic E-state index is 5.79. The Morgan fingerprint density at radius 3 is 2.48 bits per heavy atom. The van der Waals surface area contributed by atoms with Crippen molar-refractivity contribution in [3.63, 3.8) is 0 Å². The topological polar surface area (TPSA) is 73.1 Å². The van der Waals surface area contributed by atoms with Crippen LogP contribution in [-0.4, -0.2) is 16.6 Å². The number of nitrogens with two attached hydrogens (primary N) is 1. The van der Waals surface area contributed by atoms with E-state index >= 15 is 0 Å². The lowest BCUT2D eigenvalue weighted by atomic mass is 10.1. The van der Waals surface area contributed by atoms with E-state index in [0.717, 1.165) is 12.2 Å². The molecule has 0 unspecified atom stereocenters. The average molecular weight is 286 g/mol. The van der Waals surface area contributed by atoms with Crippen LogP contribution in [0.1, 0.15) is 30.8 Å². The van der Waals surface area contributed by atoms with Gasteiger partial charge in [0, 0.05) is 19.2 Å².